The number of rotatable bonds is 12. The molecule has 0 aromatic heterocycles. The van der Waals surface area contributed by atoms with Gasteiger partial charge < -0.3 is 10.1 Å². The highest BCUT2D eigenvalue weighted by atomic mass is 19.1. The Morgan fingerprint density at radius 3 is 2.47 bits per heavy atom. The molecule has 0 amide bonds. The van der Waals surface area contributed by atoms with Crippen molar-refractivity contribution in [2.75, 3.05) is 26.7 Å². The van der Waals surface area contributed by atoms with Crippen LogP contribution in [0.2, 0.25) is 0 Å². The summed E-state index contributed by atoms with van der Waals surface area (Å²) in [5.74, 6) is 1.21. The summed E-state index contributed by atoms with van der Waals surface area (Å²) >= 11 is 0. The molecule has 1 heterocycles. The first-order valence-electron chi connectivity index (χ1n) is 13.1. The highest BCUT2D eigenvalue weighted by Crippen LogP contribution is 2.27. The van der Waals surface area contributed by atoms with E-state index in [9.17, 15) is 9.18 Å². The standard InChI is InChI=1S/C31H37FN2O2/c1-33-19-16-31(27-8-5-9-28(32)22-27)36-29-13-11-26(12-14-29)30(35)15-10-24-17-20-34(21-18-24)23-25-6-3-2-4-7-25/h2-9,11-14,22,24,31,33H,10,15-21,23H2,1H3. The van der Waals surface area contributed by atoms with Crippen LogP contribution in [0.5, 0.6) is 5.75 Å². The number of carbonyl (C=O) groups excluding carboxylic acids is 1. The van der Waals surface area contributed by atoms with Crippen LogP contribution in [-0.4, -0.2) is 37.4 Å². The first-order chi connectivity index (χ1) is 17.6. The number of likely N-dealkylation sites (tertiary alicyclic amines) is 1. The van der Waals surface area contributed by atoms with Crippen LogP contribution in [0.3, 0.4) is 0 Å². The van der Waals surface area contributed by atoms with Gasteiger partial charge >= 0.3 is 0 Å². The Kier molecular flexibility index (Phi) is 9.65. The lowest BCUT2D eigenvalue weighted by Crippen LogP contribution is -2.33. The van der Waals surface area contributed by atoms with Crippen molar-refractivity contribution in [3.05, 3.63) is 101 Å². The summed E-state index contributed by atoms with van der Waals surface area (Å²) in [5.41, 5.74) is 2.89. The van der Waals surface area contributed by atoms with E-state index in [0.29, 0.717) is 24.5 Å². The second kappa shape index (κ2) is 13.3. The van der Waals surface area contributed by atoms with Crippen molar-refractivity contribution >= 4 is 5.78 Å². The Hall–Kier alpha value is -3.02. The minimum absolute atomic E-state index is 0.185. The predicted molar refractivity (Wildman–Crippen MR) is 143 cm³/mol. The third kappa shape index (κ3) is 7.74. The molecule has 0 aliphatic carbocycles. The summed E-state index contributed by atoms with van der Waals surface area (Å²) in [7, 11) is 1.89. The van der Waals surface area contributed by atoms with Crippen LogP contribution in [0.4, 0.5) is 4.39 Å². The maximum Gasteiger partial charge on any atom is 0.162 e. The van der Waals surface area contributed by atoms with Gasteiger partial charge in [-0.2, -0.15) is 0 Å². The number of ether oxygens (including phenoxy) is 1. The van der Waals surface area contributed by atoms with Crippen LogP contribution < -0.4 is 10.1 Å². The van der Waals surface area contributed by atoms with Crippen LogP contribution in [0.1, 0.15) is 59.7 Å². The zero-order valence-corrected chi connectivity index (χ0v) is 21.2. The van der Waals surface area contributed by atoms with Crippen LogP contribution in [0, 0.1) is 11.7 Å². The zero-order chi connectivity index (χ0) is 25.2. The third-order valence-electron chi connectivity index (χ3n) is 7.07. The highest BCUT2D eigenvalue weighted by molar-refractivity contribution is 5.96. The second-order valence-corrected chi connectivity index (χ2v) is 9.75. The van der Waals surface area contributed by atoms with Crippen LogP contribution in [0.25, 0.3) is 0 Å². The normalized spacial score (nSPS) is 15.5. The number of nitrogens with one attached hydrogen (secondary N) is 1. The van der Waals surface area contributed by atoms with E-state index >= 15 is 0 Å². The van der Waals surface area contributed by atoms with Crippen LogP contribution in [-0.2, 0) is 6.54 Å². The lowest BCUT2D eigenvalue weighted by Gasteiger charge is -2.32. The molecule has 4 rings (SSSR count). The fraction of sp³-hybridized carbons (Fsp3) is 0.387. The number of hydrogen-bond acceptors (Lipinski definition) is 4. The van der Waals surface area contributed by atoms with Gasteiger partial charge in [0.15, 0.2) is 5.78 Å². The second-order valence-electron chi connectivity index (χ2n) is 9.75. The van der Waals surface area contributed by atoms with Crippen molar-refractivity contribution in [2.45, 2.75) is 44.8 Å². The summed E-state index contributed by atoms with van der Waals surface area (Å²) in [5, 5.41) is 3.13. The number of ketones is 1. The molecule has 190 valence electrons. The van der Waals surface area contributed by atoms with Crippen molar-refractivity contribution in [2.24, 2.45) is 5.92 Å². The number of hydrogen-bond donors (Lipinski definition) is 1. The van der Waals surface area contributed by atoms with Gasteiger partial charge in [-0.15, -0.1) is 0 Å². The lowest BCUT2D eigenvalue weighted by molar-refractivity contribution is 0.0961. The smallest absolute Gasteiger partial charge is 0.162 e. The molecular weight excluding hydrogens is 451 g/mol. The van der Waals surface area contributed by atoms with E-state index in [4.69, 9.17) is 4.74 Å². The largest absolute Gasteiger partial charge is 0.486 e. The monoisotopic (exact) mass is 488 g/mol. The zero-order valence-electron chi connectivity index (χ0n) is 21.2. The molecule has 3 aromatic carbocycles. The van der Waals surface area contributed by atoms with Gasteiger partial charge in [-0.1, -0.05) is 42.5 Å². The average Bonchev–Trinajstić information content (AvgIpc) is 2.91. The topological polar surface area (TPSA) is 41.6 Å². The van der Waals surface area contributed by atoms with E-state index < -0.39 is 0 Å². The fourth-order valence-electron chi connectivity index (χ4n) is 4.91. The lowest BCUT2D eigenvalue weighted by atomic mass is 9.90. The summed E-state index contributed by atoms with van der Waals surface area (Å²) in [6, 6.07) is 24.6. The molecule has 36 heavy (non-hydrogen) atoms. The molecule has 1 aliphatic rings. The minimum atomic E-state index is -0.270. The molecule has 1 unspecified atom stereocenters. The molecule has 1 aliphatic heterocycles. The van der Waals surface area contributed by atoms with E-state index in [1.807, 2.05) is 37.4 Å². The van der Waals surface area contributed by atoms with E-state index in [2.05, 4.69) is 40.5 Å². The van der Waals surface area contributed by atoms with Crippen molar-refractivity contribution in [1.29, 1.82) is 0 Å². The van der Waals surface area contributed by atoms with Gasteiger partial charge in [-0.25, -0.2) is 4.39 Å². The van der Waals surface area contributed by atoms with Crippen molar-refractivity contribution in [3.8, 4) is 5.75 Å². The molecular formula is C31H37FN2O2. The Morgan fingerprint density at radius 1 is 1.03 bits per heavy atom. The van der Waals surface area contributed by atoms with Gasteiger partial charge in [0.2, 0.25) is 0 Å². The van der Waals surface area contributed by atoms with Gasteiger partial charge in [0, 0.05) is 24.9 Å². The number of benzene rings is 3. The van der Waals surface area contributed by atoms with Gasteiger partial charge in [0.05, 0.1) is 0 Å². The molecule has 5 heteroatoms. The summed E-state index contributed by atoms with van der Waals surface area (Å²) in [6.45, 7) is 3.96. The van der Waals surface area contributed by atoms with Gasteiger partial charge in [-0.05, 0) is 99.4 Å². The molecule has 4 nitrogen and oxygen atoms in total. The Balaban J connectivity index is 1.24. The Morgan fingerprint density at radius 2 is 1.78 bits per heavy atom. The maximum atomic E-state index is 13.7. The maximum absolute atomic E-state index is 13.7. The SMILES string of the molecule is CNCCC(Oc1ccc(C(=O)CCC2CCN(Cc3ccccc3)CC2)cc1)c1cccc(F)c1. The first-order valence-corrected chi connectivity index (χ1v) is 13.1. The molecule has 1 N–H and O–H groups in total. The number of Topliss-reactive ketones (excluding diaryl/α,β-unsaturated/α-hetero) is 1. The third-order valence-corrected chi connectivity index (χ3v) is 7.07. The first kappa shape index (κ1) is 26.1. The van der Waals surface area contributed by atoms with E-state index in [0.717, 1.165) is 56.6 Å². The fourth-order valence-corrected chi connectivity index (χ4v) is 4.91. The number of piperidine rings is 1. The van der Waals surface area contributed by atoms with Crippen molar-refractivity contribution < 1.29 is 13.9 Å². The van der Waals surface area contributed by atoms with Crippen molar-refractivity contribution in [3.63, 3.8) is 0 Å². The Labute approximate surface area is 214 Å². The van der Waals surface area contributed by atoms with Gasteiger partial charge in [-0.3, -0.25) is 9.69 Å². The van der Waals surface area contributed by atoms with Crippen LogP contribution >= 0.6 is 0 Å². The number of nitrogens with zero attached hydrogens (tertiary/aromatic N) is 1. The van der Waals surface area contributed by atoms with Crippen molar-refractivity contribution in [1.82, 2.24) is 10.2 Å². The highest BCUT2D eigenvalue weighted by Gasteiger charge is 2.20. The van der Waals surface area contributed by atoms with Crippen LogP contribution in [0.15, 0.2) is 78.9 Å². The number of carbonyl (C=O) groups is 1. The Bertz CT molecular complexity index is 1080. The molecule has 0 radical (unpaired) electrons. The summed E-state index contributed by atoms with van der Waals surface area (Å²) < 4.78 is 19.9. The predicted octanol–water partition coefficient (Wildman–Crippen LogP) is 6.43. The molecule has 0 saturated carbocycles. The minimum Gasteiger partial charge on any atom is -0.486 e. The molecule has 1 atom stereocenters. The average molecular weight is 489 g/mol. The molecule has 3 aromatic rings. The summed E-state index contributed by atoms with van der Waals surface area (Å²) in [6.07, 6.45) is 4.29. The van der Waals surface area contributed by atoms with E-state index in [1.165, 1.54) is 17.7 Å². The summed E-state index contributed by atoms with van der Waals surface area (Å²) in [4.78, 5) is 15.3. The van der Waals surface area contributed by atoms with E-state index in [1.54, 1.807) is 6.07 Å². The van der Waals surface area contributed by atoms with Gasteiger partial charge in [0.25, 0.3) is 0 Å². The van der Waals surface area contributed by atoms with Gasteiger partial charge in [0.1, 0.15) is 17.7 Å². The van der Waals surface area contributed by atoms with E-state index in [-0.39, 0.29) is 17.7 Å². The molecule has 0 spiro atoms. The molecule has 1 fully saturated rings. The molecule has 1 saturated heterocycles. The quantitative estimate of drug-likeness (QED) is 0.298. The number of halogens is 1. The molecule has 0 bridgehead atoms.